The van der Waals surface area contributed by atoms with E-state index >= 15 is 0 Å². The van der Waals surface area contributed by atoms with Crippen molar-refractivity contribution in [2.45, 2.75) is 40.0 Å². The highest BCUT2D eigenvalue weighted by atomic mass is 19.4. The van der Waals surface area contributed by atoms with Crippen molar-refractivity contribution in [3.8, 4) is 0 Å². The van der Waals surface area contributed by atoms with Crippen LogP contribution in [0.4, 0.5) is 13.2 Å². The first-order valence-electron chi connectivity index (χ1n) is 6.00. The minimum Gasteiger partial charge on any atom is -0.388 e. The summed E-state index contributed by atoms with van der Waals surface area (Å²) in [7, 11) is 0. The number of hydrogen-bond donors (Lipinski definition) is 1. The number of aryl methyl sites for hydroxylation is 1. The molecular formula is C14H19F3O. The lowest BCUT2D eigenvalue weighted by atomic mass is 9.86. The fraction of sp³-hybridized carbons (Fsp3) is 0.571. The van der Waals surface area contributed by atoms with Crippen molar-refractivity contribution in [3.05, 3.63) is 34.9 Å². The maximum atomic E-state index is 12.5. The lowest BCUT2D eigenvalue weighted by Crippen LogP contribution is -2.16. The van der Waals surface area contributed by atoms with Crippen LogP contribution in [0.15, 0.2) is 18.2 Å². The zero-order valence-electron chi connectivity index (χ0n) is 11.0. The number of aliphatic hydroxyl groups is 1. The second-order valence-electron chi connectivity index (χ2n) is 5.12. The van der Waals surface area contributed by atoms with Crippen LogP contribution in [0.25, 0.3) is 0 Å². The summed E-state index contributed by atoms with van der Waals surface area (Å²) in [5.74, 6) is 0.266. The molecule has 1 aromatic rings. The Morgan fingerprint density at radius 1 is 1.11 bits per heavy atom. The van der Waals surface area contributed by atoms with E-state index in [2.05, 4.69) is 0 Å². The van der Waals surface area contributed by atoms with Crippen LogP contribution >= 0.6 is 0 Å². The molecule has 102 valence electrons. The molecule has 0 aliphatic rings. The van der Waals surface area contributed by atoms with Gasteiger partial charge in [0.1, 0.15) is 0 Å². The second-order valence-corrected chi connectivity index (χ2v) is 5.12. The third-order valence-electron chi connectivity index (χ3n) is 3.47. The van der Waals surface area contributed by atoms with E-state index in [1.54, 1.807) is 6.92 Å². The fourth-order valence-corrected chi connectivity index (χ4v) is 1.83. The van der Waals surface area contributed by atoms with E-state index in [9.17, 15) is 18.3 Å². The average molecular weight is 260 g/mol. The first-order chi connectivity index (χ1) is 8.14. The van der Waals surface area contributed by atoms with Crippen molar-refractivity contribution in [1.29, 1.82) is 0 Å². The predicted octanol–water partition coefficient (Wildman–Crippen LogP) is 4.34. The number of benzene rings is 1. The fourth-order valence-electron chi connectivity index (χ4n) is 1.83. The summed E-state index contributed by atoms with van der Waals surface area (Å²) in [5, 5.41) is 10.2. The van der Waals surface area contributed by atoms with Gasteiger partial charge in [0.15, 0.2) is 0 Å². The SMILES string of the molecule is Cc1cc(C(F)(F)F)ccc1C(O)C(C)C(C)C. The molecule has 1 rings (SSSR count). The lowest BCUT2D eigenvalue weighted by molar-refractivity contribution is -0.137. The molecule has 0 saturated carbocycles. The van der Waals surface area contributed by atoms with Gasteiger partial charge in [-0.1, -0.05) is 26.8 Å². The van der Waals surface area contributed by atoms with Crippen LogP contribution in [-0.2, 0) is 6.18 Å². The Morgan fingerprint density at radius 3 is 2.06 bits per heavy atom. The van der Waals surface area contributed by atoms with Gasteiger partial charge < -0.3 is 5.11 Å². The number of alkyl halides is 3. The molecule has 0 aliphatic heterocycles. The zero-order chi connectivity index (χ0) is 14.1. The molecule has 0 amide bonds. The molecule has 1 N–H and O–H groups in total. The van der Waals surface area contributed by atoms with Crippen molar-refractivity contribution >= 4 is 0 Å². The van der Waals surface area contributed by atoms with E-state index in [1.807, 2.05) is 20.8 Å². The Morgan fingerprint density at radius 2 is 1.67 bits per heavy atom. The van der Waals surface area contributed by atoms with Crippen LogP contribution < -0.4 is 0 Å². The lowest BCUT2D eigenvalue weighted by Gasteiger charge is -2.24. The van der Waals surface area contributed by atoms with Gasteiger partial charge in [0.25, 0.3) is 0 Å². The Labute approximate surface area is 106 Å². The molecule has 0 bridgehead atoms. The van der Waals surface area contributed by atoms with Crippen molar-refractivity contribution in [2.24, 2.45) is 11.8 Å². The molecule has 2 atom stereocenters. The third-order valence-corrected chi connectivity index (χ3v) is 3.47. The highest BCUT2D eigenvalue weighted by Gasteiger charge is 2.31. The van der Waals surface area contributed by atoms with Crippen LogP contribution in [0.3, 0.4) is 0 Å². The predicted molar refractivity (Wildman–Crippen MR) is 65.1 cm³/mol. The largest absolute Gasteiger partial charge is 0.416 e. The van der Waals surface area contributed by atoms with Gasteiger partial charge in [-0.3, -0.25) is 0 Å². The van der Waals surface area contributed by atoms with Gasteiger partial charge in [-0.25, -0.2) is 0 Å². The number of aliphatic hydroxyl groups excluding tert-OH is 1. The first-order valence-corrected chi connectivity index (χ1v) is 6.00. The van der Waals surface area contributed by atoms with E-state index in [-0.39, 0.29) is 11.8 Å². The molecule has 0 heterocycles. The van der Waals surface area contributed by atoms with Gasteiger partial charge in [-0.05, 0) is 42.0 Å². The van der Waals surface area contributed by atoms with Gasteiger partial charge in [-0.15, -0.1) is 0 Å². The molecule has 1 aromatic carbocycles. The number of rotatable bonds is 3. The van der Waals surface area contributed by atoms with Crippen LogP contribution in [0, 0.1) is 18.8 Å². The molecule has 0 aromatic heterocycles. The van der Waals surface area contributed by atoms with E-state index in [4.69, 9.17) is 0 Å². The minimum atomic E-state index is -4.34. The summed E-state index contributed by atoms with van der Waals surface area (Å²) >= 11 is 0. The summed E-state index contributed by atoms with van der Waals surface area (Å²) in [6.07, 6.45) is -5.06. The Hall–Kier alpha value is -1.03. The molecule has 0 saturated heterocycles. The zero-order valence-corrected chi connectivity index (χ0v) is 11.0. The molecule has 1 nitrogen and oxygen atoms in total. The van der Waals surface area contributed by atoms with Crippen molar-refractivity contribution < 1.29 is 18.3 Å². The van der Waals surface area contributed by atoms with Crippen molar-refractivity contribution in [3.63, 3.8) is 0 Å². The second kappa shape index (κ2) is 5.31. The molecular weight excluding hydrogens is 241 g/mol. The summed E-state index contributed by atoms with van der Waals surface area (Å²) < 4.78 is 37.6. The van der Waals surface area contributed by atoms with Crippen LogP contribution in [-0.4, -0.2) is 5.11 Å². The van der Waals surface area contributed by atoms with E-state index < -0.39 is 17.8 Å². The van der Waals surface area contributed by atoms with E-state index in [1.165, 1.54) is 6.07 Å². The molecule has 2 unspecified atom stereocenters. The standard InChI is InChI=1S/C14H19F3O/c1-8(2)10(4)13(18)12-6-5-11(7-9(12)3)14(15,16)17/h5-8,10,13,18H,1-4H3. The number of hydrogen-bond acceptors (Lipinski definition) is 1. The van der Waals surface area contributed by atoms with Crippen LogP contribution in [0.1, 0.15) is 43.6 Å². The van der Waals surface area contributed by atoms with Gasteiger partial charge >= 0.3 is 6.18 Å². The summed E-state index contributed by atoms with van der Waals surface area (Å²) in [4.78, 5) is 0. The van der Waals surface area contributed by atoms with Crippen LogP contribution in [0.5, 0.6) is 0 Å². The Kier molecular flexibility index (Phi) is 4.43. The molecule has 4 heteroatoms. The maximum absolute atomic E-state index is 12.5. The van der Waals surface area contributed by atoms with Gasteiger partial charge in [0.05, 0.1) is 11.7 Å². The van der Waals surface area contributed by atoms with E-state index in [0.29, 0.717) is 11.1 Å². The molecule has 0 fully saturated rings. The monoisotopic (exact) mass is 260 g/mol. The summed E-state index contributed by atoms with van der Waals surface area (Å²) in [5.41, 5.74) is 0.377. The molecule has 0 aliphatic carbocycles. The van der Waals surface area contributed by atoms with Crippen LogP contribution in [0.2, 0.25) is 0 Å². The molecule has 0 spiro atoms. The Bertz CT molecular complexity index is 410. The topological polar surface area (TPSA) is 20.2 Å². The highest BCUT2D eigenvalue weighted by Crippen LogP contribution is 2.34. The smallest absolute Gasteiger partial charge is 0.388 e. The first kappa shape index (κ1) is 15.0. The number of halogens is 3. The average Bonchev–Trinajstić information content (AvgIpc) is 2.25. The molecule has 18 heavy (non-hydrogen) atoms. The normalized spacial score (nSPS) is 15.8. The van der Waals surface area contributed by atoms with Crippen molar-refractivity contribution in [1.82, 2.24) is 0 Å². The summed E-state index contributed by atoms with van der Waals surface area (Å²) in [6.45, 7) is 7.45. The van der Waals surface area contributed by atoms with E-state index in [0.717, 1.165) is 12.1 Å². The third kappa shape index (κ3) is 3.25. The van der Waals surface area contributed by atoms with Gasteiger partial charge in [0, 0.05) is 0 Å². The quantitative estimate of drug-likeness (QED) is 0.857. The van der Waals surface area contributed by atoms with Crippen molar-refractivity contribution in [2.75, 3.05) is 0 Å². The minimum absolute atomic E-state index is 0.000404. The summed E-state index contributed by atoms with van der Waals surface area (Å²) in [6, 6.07) is 3.49. The molecule has 0 radical (unpaired) electrons. The van der Waals surface area contributed by atoms with Gasteiger partial charge in [-0.2, -0.15) is 13.2 Å². The maximum Gasteiger partial charge on any atom is 0.416 e. The van der Waals surface area contributed by atoms with Gasteiger partial charge in [0.2, 0.25) is 0 Å². The highest BCUT2D eigenvalue weighted by molar-refractivity contribution is 5.34. The Balaban J connectivity index is 3.06.